The third kappa shape index (κ3) is 16.0. The van der Waals surface area contributed by atoms with Gasteiger partial charge in [0.1, 0.15) is 23.0 Å². The van der Waals surface area contributed by atoms with Crippen molar-refractivity contribution >= 4 is 30.2 Å². The van der Waals surface area contributed by atoms with E-state index in [1.165, 1.54) is 0 Å². The van der Waals surface area contributed by atoms with Crippen LogP contribution in [0.4, 0.5) is 0 Å². The first-order valence-electron chi connectivity index (χ1n) is 7.46. The van der Waals surface area contributed by atoms with E-state index in [2.05, 4.69) is 11.4 Å². The monoisotopic (exact) mass is 389 g/mol. The average molecular weight is 389 g/mol. The minimum absolute atomic E-state index is 0.0982. The van der Waals surface area contributed by atoms with Crippen molar-refractivity contribution in [3.8, 4) is 0 Å². The SMILES string of the molecule is [CH2]C(C)(C)CC[S+]([O-])CC[S+]([O-])CCC(C)(C)COP(=O)(O)O. The maximum Gasteiger partial charge on any atom is 0.469 e. The van der Waals surface area contributed by atoms with E-state index in [1.54, 1.807) is 13.8 Å². The lowest BCUT2D eigenvalue weighted by molar-refractivity contribution is 0.126. The predicted molar refractivity (Wildman–Crippen MR) is 95.9 cm³/mol. The van der Waals surface area contributed by atoms with E-state index >= 15 is 0 Å². The molecule has 0 aliphatic heterocycles. The molecule has 0 amide bonds. The largest absolute Gasteiger partial charge is 0.616 e. The van der Waals surface area contributed by atoms with Gasteiger partial charge in [-0.2, -0.15) is 0 Å². The average Bonchev–Trinajstić information content (AvgIpc) is 2.37. The number of hydrogen-bond donors (Lipinski definition) is 2. The Morgan fingerprint density at radius 1 is 1.00 bits per heavy atom. The van der Waals surface area contributed by atoms with Crippen LogP contribution in [0.5, 0.6) is 0 Å². The second-order valence-corrected chi connectivity index (χ2v) is 11.9. The topological polar surface area (TPSA) is 113 Å². The summed E-state index contributed by atoms with van der Waals surface area (Å²) in [7, 11) is -4.48. The van der Waals surface area contributed by atoms with Crippen LogP contribution in [0.15, 0.2) is 0 Å². The van der Waals surface area contributed by atoms with Gasteiger partial charge >= 0.3 is 7.82 Å². The Labute approximate surface area is 146 Å². The maximum atomic E-state index is 12.0. The van der Waals surface area contributed by atoms with Crippen LogP contribution in [0.25, 0.3) is 0 Å². The van der Waals surface area contributed by atoms with Crippen LogP contribution in [0, 0.1) is 17.8 Å². The molecule has 2 unspecified atom stereocenters. The highest BCUT2D eigenvalue weighted by Crippen LogP contribution is 2.38. The van der Waals surface area contributed by atoms with Crippen molar-refractivity contribution in [2.24, 2.45) is 10.8 Å². The summed E-state index contributed by atoms with van der Waals surface area (Å²) in [5.74, 6) is 1.74. The van der Waals surface area contributed by atoms with Crippen molar-refractivity contribution in [2.45, 2.75) is 40.5 Å². The lowest BCUT2D eigenvalue weighted by Gasteiger charge is -2.25. The smallest absolute Gasteiger partial charge is 0.469 e. The van der Waals surface area contributed by atoms with Gasteiger partial charge in [0.15, 0.2) is 0 Å². The zero-order valence-corrected chi connectivity index (χ0v) is 17.0. The van der Waals surface area contributed by atoms with E-state index in [0.717, 1.165) is 6.42 Å². The first-order valence-corrected chi connectivity index (χ1v) is 12.0. The maximum absolute atomic E-state index is 12.0. The van der Waals surface area contributed by atoms with Crippen molar-refractivity contribution in [1.29, 1.82) is 0 Å². The normalized spacial score (nSPS) is 16.4. The van der Waals surface area contributed by atoms with Crippen LogP contribution in [0.1, 0.15) is 40.5 Å². The molecule has 139 valence electrons. The van der Waals surface area contributed by atoms with Crippen LogP contribution in [-0.4, -0.2) is 48.5 Å². The Hall–Kier alpha value is 0.730. The molecule has 6 nitrogen and oxygen atoms in total. The molecule has 0 saturated carbocycles. The van der Waals surface area contributed by atoms with Crippen molar-refractivity contribution in [1.82, 2.24) is 0 Å². The molecule has 2 atom stereocenters. The van der Waals surface area contributed by atoms with Gasteiger partial charge in [0.05, 0.1) is 6.61 Å². The summed E-state index contributed by atoms with van der Waals surface area (Å²) in [6.07, 6.45) is 1.27. The highest BCUT2D eigenvalue weighted by Gasteiger charge is 2.26. The van der Waals surface area contributed by atoms with Gasteiger partial charge < -0.3 is 18.9 Å². The fourth-order valence-corrected chi connectivity index (χ4v) is 5.47. The summed E-state index contributed by atoms with van der Waals surface area (Å²) < 4.78 is 39.0. The van der Waals surface area contributed by atoms with Gasteiger partial charge in [-0.25, -0.2) is 4.57 Å². The predicted octanol–water partition coefficient (Wildman–Crippen LogP) is 2.26. The molecule has 23 heavy (non-hydrogen) atoms. The van der Waals surface area contributed by atoms with E-state index in [0.29, 0.717) is 29.4 Å². The molecule has 0 aliphatic rings. The van der Waals surface area contributed by atoms with E-state index in [9.17, 15) is 13.7 Å². The first-order chi connectivity index (χ1) is 10.2. The summed E-state index contributed by atoms with van der Waals surface area (Å²) >= 11 is -2.08. The van der Waals surface area contributed by atoms with Gasteiger partial charge in [0.25, 0.3) is 0 Å². The molecule has 0 spiro atoms. The minimum atomic E-state index is -4.48. The van der Waals surface area contributed by atoms with E-state index in [-0.39, 0.29) is 12.0 Å². The van der Waals surface area contributed by atoms with Gasteiger partial charge in [0.2, 0.25) is 0 Å². The van der Waals surface area contributed by atoms with Gasteiger partial charge in [-0.3, -0.25) is 4.52 Å². The summed E-state index contributed by atoms with van der Waals surface area (Å²) in [5, 5.41) is 0. The zero-order chi connectivity index (χ0) is 18.3. The first kappa shape index (κ1) is 23.7. The molecule has 0 aromatic rings. The van der Waals surface area contributed by atoms with Gasteiger partial charge in [0, 0.05) is 0 Å². The fraction of sp³-hybridized carbons (Fsp3) is 0.929. The highest BCUT2D eigenvalue weighted by molar-refractivity contribution is 7.95. The molecule has 0 aliphatic carbocycles. The second-order valence-electron chi connectivity index (χ2n) is 7.29. The van der Waals surface area contributed by atoms with E-state index < -0.39 is 35.6 Å². The van der Waals surface area contributed by atoms with E-state index in [1.807, 2.05) is 13.8 Å². The van der Waals surface area contributed by atoms with Crippen LogP contribution in [0.2, 0.25) is 0 Å². The molecule has 1 radical (unpaired) electrons. The second kappa shape index (κ2) is 10.0. The molecule has 0 saturated heterocycles. The number of rotatable bonds is 12. The van der Waals surface area contributed by atoms with Gasteiger partial charge in [-0.15, -0.1) is 0 Å². The summed E-state index contributed by atoms with van der Waals surface area (Å²) in [5.41, 5.74) is -0.578. The Balaban J connectivity index is 3.97. The Kier molecular flexibility index (Phi) is 10.3. The lowest BCUT2D eigenvalue weighted by atomic mass is 9.92. The molecule has 0 heterocycles. The van der Waals surface area contributed by atoms with Crippen molar-refractivity contribution in [3.63, 3.8) is 0 Å². The quantitative estimate of drug-likeness (QED) is 0.391. The molecule has 0 aromatic heterocycles. The molecule has 9 heteroatoms. The van der Waals surface area contributed by atoms with Crippen molar-refractivity contribution in [3.05, 3.63) is 6.92 Å². The summed E-state index contributed by atoms with van der Waals surface area (Å²) in [4.78, 5) is 17.4. The lowest BCUT2D eigenvalue weighted by Crippen LogP contribution is -2.27. The third-order valence-electron chi connectivity index (χ3n) is 3.18. The summed E-state index contributed by atoms with van der Waals surface area (Å²) in [6, 6.07) is 0. The van der Waals surface area contributed by atoms with Crippen molar-refractivity contribution in [2.75, 3.05) is 29.6 Å². The number of hydrogen-bond acceptors (Lipinski definition) is 4. The Morgan fingerprint density at radius 2 is 1.43 bits per heavy atom. The van der Waals surface area contributed by atoms with Gasteiger partial charge in [-0.1, -0.05) is 27.7 Å². The van der Waals surface area contributed by atoms with Crippen LogP contribution >= 0.6 is 7.82 Å². The fourth-order valence-electron chi connectivity index (χ4n) is 1.50. The molecular formula is C14H30O6PS2. The molecular weight excluding hydrogens is 359 g/mol. The summed E-state index contributed by atoms with van der Waals surface area (Å²) in [6.45, 7) is 11.4. The van der Waals surface area contributed by atoms with Crippen LogP contribution < -0.4 is 0 Å². The number of phosphoric ester groups is 1. The molecule has 0 fully saturated rings. The minimum Gasteiger partial charge on any atom is -0.616 e. The Bertz CT molecular complexity index is 380. The van der Waals surface area contributed by atoms with Crippen LogP contribution in [0.3, 0.4) is 0 Å². The molecule has 0 rings (SSSR count). The molecule has 2 N–H and O–H groups in total. The van der Waals surface area contributed by atoms with Crippen LogP contribution in [-0.2, 0) is 31.4 Å². The third-order valence-corrected chi connectivity index (χ3v) is 6.54. The van der Waals surface area contributed by atoms with Crippen molar-refractivity contribution < 1.29 is 28.0 Å². The molecule has 0 aromatic carbocycles. The highest BCUT2D eigenvalue weighted by atomic mass is 32.2. The molecule has 0 bridgehead atoms. The van der Waals surface area contributed by atoms with Gasteiger partial charge in [-0.05, 0) is 52.9 Å². The zero-order valence-electron chi connectivity index (χ0n) is 14.4. The number of phosphoric acid groups is 1. The standard InChI is InChI=1S/C14H30O6PS2/c1-13(2,3)6-8-22(18)10-11-23(19)9-7-14(4,5)12-20-21(15,16)17/h1,6-12H2,2-5H3,(H2,15,16,17). The Morgan fingerprint density at radius 3 is 1.83 bits per heavy atom. The van der Waals surface area contributed by atoms with E-state index in [4.69, 9.17) is 9.79 Å².